The van der Waals surface area contributed by atoms with Crippen molar-refractivity contribution >= 4 is 40.6 Å². The lowest BCUT2D eigenvalue weighted by molar-refractivity contribution is -0.121. The van der Waals surface area contributed by atoms with Crippen LogP contribution in [0.3, 0.4) is 0 Å². The van der Waals surface area contributed by atoms with E-state index in [4.69, 9.17) is 14.2 Å². The quantitative estimate of drug-likeness (QED) is 0.291. The number of benzene rings is 3. The minimum atomic E-state index is -0.412. The SMILES string of the molecule is CCOc1cc(/C=C2\SC(=Nc3ccc(C(=O)OC)cc3)N(C)C2=O)ccc1OCc1ccccc1. The van der Waals surface area contributed by atoms with E-state index in [9.17, 15) is 9.59 Å². The molecule has 184 valence electrons. The molecule has 8 heteroatoms. The van der Waals surface area contributed by atoms with Gasteiger partial charge in [-0.3, -0.25) is 9.69 Å². The second-order valence-electron chi connectivity index (χ2n) is 7.82. The van der Waals surface area contributed by atoms with Crippen molar-refractivity contribution in [2.75, 3.05) is 20.8 Å². The van der Waals surface area contributed by atoms with Gasteiger partial charge in [-0.05, 0) is 72.3 Å². The number of ether oxygens (including phenoxy) is 3. The van der Waals surface area contributed by atoms with Crippen LogP contribution in [0.2, 0.25) is 0 Å². The lowest BCUT2D eigenvalue weighted by atomic mass is 10.1. The number of rotatable bonds is 8. The van der Waals surface area contributed by atoms with E-state index in [0.29, 0.717) is 46.0 Å². The first-order valence-electron chi connectivity index (χ1n) is 11.4. The third-order valence-corrected chi connectivity index (χ3v) is 6.38. The lowest BCUT2D eigenvalue weighted by Crippen LogP contribution is -2.23. The van der Waals surface area contributed by atoms with E-state index >= 15 is 0 Å². The molecule has 3 aromatic rings. The Morgan fingerprint density at radius 3 is 2.44 bits per heavy atom. The van der Waals surface area contributed by atoms with E-state index < -0.39 is 5.97 Å². The maximum atomic E-state index is 12.9. The molecule has 1 saturated heterocycles. The highest BCUT2D eigenvalue weighted by atomic mass is 32.2. The van der Waals surface area contributed by atoms with Crippen LogP contribution in [0.15, 0.2) is 82.7 Å². The Balaban J connectivity index is 1.52. The highest BCUT2D eigenvalue weighted by Crippen LogP contribution is 2.35. The Labute approximate surface area is 214 Å². The van der Waals surface area contributed by atoms with Crippen LogP contribution in [0, 0.1) is 0 Å². The highest BCUT2D eigenvalue weighted by molar-refractivity contribution is 8.18. The Hall–Kier alpha value is -4.04. The van der Waals surface area contributed by atoms with Gasteiger partial charge < -0.3 is 14.2 Å². The summed E-state index contributed by atoms with van der Waals surface area (Å²) in [5.74, 6) is 0.700. The number of hydrogen-bond donors (Lipinski definition) is 0. The van der Waals surface area contributed by atoms with Gasteiger partial charge in [-0.2, -0.15) is 0 Å². The summed E-state index contributed by atoms with van der Waals surface area (Å²) in [5, 5.41) is 0.546. The lowest BCUT2D eigenvalue weighted by Gasteiger charge is -2.13. The van der Waals surface area contributed by atoms with E-state index in [0.717, 1.165) is 11.1 Å². The van der Waals surface area contributed by atoms with Crippen molar-refractivity contribution in [2.24, 2.45) is 4.99 Å². The molecule has 0 N–H and O–H groups in total. The van der Waals surface area contributed by atoms with Gasteiger partial charge in [0.05, 0.1) is 29.9 Å². The molecule has 36 heavy (non-hydrogen) atoms. The Morgan fingerprint density at radius 2 is 1.75 bits per heavy atom. The summed E-state index contributed by atoms with van der Waals surface area (Å²) >= 11 is 1.29. The summed E-state index contributed by atoms with van der Waals surface area (Å²) in [7, 11) is 3.02. The average Bonchev–Trinajstić information content (AvgIpc) is 3.16. The van der Waals surface area contributed by atoms with Gasteiger partial charge in [0, 0.05) is 7.05 Å². The van der Waals surface area contributed by atoms with E-state index in [1.165, 1.54) is 23.8 Å². The van der Waals surface area contributed by atoms with E-state index in [1.54, 1.807) is 31.3 Å². The Morgan fingerprint density at radius 1 is 1.00 bits per heavy atom. The number of methoxy groups -OCH3 is 1. The molecule has 0 bridgehead atoms. The molecular weight excluding hydrogens is 476 g/mol. The summed E-state index contributed by atoms with van der Waals surface area (Å²) in [5.41, 5.74) is 2.95. The van der Waals surface area contributed by atoms with Gasteiger partial charge in [-0.1, -0.05) is 36.4 Å². The summed E-state index contributed by atoms with van der Waals surface area (Å²) in [6.45, 7) is 2.84. The number of likely N-dealkylation sites (N-methyl/N-ethyl adjacent to an activating group) is 1. The normalized spacial score (nSPS) is 15.4. The smallest absolute Gasteiger partial charge is 0.337 e. The zero-order valence-corrected chi connectivity index (χ0v) is 21.1. The summed E-state index contributed by atoms with van der Waals surface area (Å²) in [6.07, 6.45) is 1.82. The Kier molecular flexibility index (Phi) is 8.07. The molecule has 0 aliphatic carbocycles. The van der Waals surface area contributed by atoms with Crippen LogP contribution in [-0.2, 0) is 16.1 Å². The van der Waals surface area contributed by atoms with Gasteiger partial charge in [-0.25, -0.2) is 9.79 Å². The van der Waals surface area contributed by atoms with Gasteiger partial charge in [0.25, 0.3) is 5.91 Å². The Bertz CT molecular complexity index is 1300. The van der Waals surface area contributed by atoms with E-state index in [2.05, 4.69) is 4.99 Å². The molecule has 0 spiro atoms. The number of esters is 1. The van der Waals surface area contributed by atoms with Gasteiger partial charge in [0.1, 0.15) is 6.61 Å². The van der Waals surface area contributed by atoms with Gasteiger partial charge in [0.15, 0.2) is 16.7 Å². The van der Waals surface area contributed by atoms with Crippen molar-refractivity contribution < 1.29 is 23.8 Å². The minimum Gasteiger partial charge on any atom is -0.490 e. The predicted octanol–water partition coefficient (Wildman–Crippen LogP) is 5.68. The molecule has 0 atom stereocenters. The second-order valence-corrected chi connectivity index (χ2v) is 8.83. The third kappa shape index (κ3) is 5.95. The summed E-state index contributed by atoms with van der Waals surface area (Å²) in [6, 6.07) is 22.2. The fraction of sp³-hybridized carbons (Fsp3) is 0.179. The maximum absolute atomic E-state index is 12.9. The molecule has 0 unspecified atom stereocenters. The predicted molar refractivity (Wildman–Crippen MR) is 142 cm³/mol. The highest BCUT2D eigenvalue weighted by Gasteiger charge is 2.30. The summed E-state index contributed by atoms with van der Waals surface area (Å²) in [4.78, 5) is 31.1. The number of amidine groups is 1. The molecule has 4 rings (SSSR count). The van der Waals surface area contributed by atoms with Crippen LogP contribution in [0.25, 0.3) is 6.08 Å². The standard InChI is InChI=1S/C28H26N2O5S/c1-4-34-24-16-20(10-15-23(24)35-18-19-8-6-5-7-9-19)17-25-26(31)30(2)28(36-25)29-22-13-11-21(12-14-22)27(32)33-3/h5-17H,4,18H2,1-3H3/b25-17-,29-28?. The molecule has 1 aliphatic heterocycles. The number of amides is 1. The number of thioether (sulfide) groups is 1. The van der Waals surface area contributed by atoms with Crippen LogP contribution in [0.5, 0.6) is 11.5 Å². The minimum absolute atomic E-state index is 0.146. The third-order valence-electron chi connectivity index (χ3n) is 5.32. The molecule has 0 aromatic heterocycles. The van der Waals surface area contributed by atoms with Crippen molar-refractivity contribution in [3.8, 4) is 11.5 Å². The zero-order chi connectivity index (χ0) is 25.5. The molecule has 1 aliphatic rings. The van der Waals surface area contributed by atoms with Gasteiger partial charge in [-0.15, -0.1) is 0 Å². The van der Waals surface area contributed by atoms with Crippen LogP contribution < -0.4 is 9.47 Å². The van der Waals surface area contributed by atoms with Crippen LogP contribution in [-0.4, -0.2) is 42.7 Å². The van der Waals surface area contributed by atoms with Crippen molar-refractivity contribution in [1.82, 2.24) is 4.90 Å². The molecule has 1 amide bonds. The molecular formula is C28H26N2O5S. The van der Waals surface area contributed by atoms with Crippen molar-refractivity contribution in [1.29, 1.82) is 0 Å². The number of carbonyl (C=O) groups is 2. The topological polar surface area (TPSA) is 77.4 Å². The molecule has 0 saturated carbocycles. The number of hydrogen-bond acceptors (Lipinski definition) is 7. The maximum Gasteiger partial charge on any atom is 0.337 e. The molecule has 0 radical (unpaired) electrons. The zero-order valence-electron chi connectivity index (χ0n) is 20.3. The summed E-state index contributed by atoms with van der Waals surface area (Å²) < 4.78 is 16.5. The monoisotopic (exact) mass is 502 g/mol. The number of nitrogens with zero attached hydrogens (tertiary/aromatic N) is 2. The van der Waals surface area contributed by atoms with Crippen LogP contribution >= 0.6 is 11.8 Å². The first-order chi connectivity index (χ1) is 17.5. The first-order valence-corrected chi connectivity index (χ1v) is 12.2. The molecule has 3 aromatic carbocycles. The van der Waals surface area contributed by atoms with Crippen LogP contribution in [0.1, 0.15) is 28.4 Å². The molecule has 7 nitrogen and oxygen atoms in total. The van der Waals surface area contributed by atoms with Gasteiger partial charge >= 0.3 is 5.97 Å². The first kappa shape index (κ1) is 25.1. The fourth-order valence-corrected chi connectivity index (χ4v) is 4.43. The molecule has 1 fully saturated rings. The van der Waals surface area contributed by atoms with Crippen molar-refractivity contribution in [3.05, 3.63) is 94.4 Å². The van der Waals surface area contributed by atoms with Crippen molar-refractivity contribution in [3.63, 3.8) is 0 Å². The molecule has 1 heterocycles. The number of aliphatic imine (C=N–C) groups is 1. The fourth-order valence-electron chi connectivity index (χ4n) is 3.44. The second kappa shape index (κ2) is 11.6. The van der Waals surface area contributed by atoms with Crippen LogP contribution in [0.4, 0.5) is 5.69 Å². The van der Waals surface area contributed by atoms with E-state index in [1.807, 2.05) is 61.5 Å². The van der Waals surface area contributed by atoms with Gasteiger partial charge in [0.2, 0.25) is 0 Å². The van der Waals surface area contributed by atoms with E-state index in [-0.39, 0.29) is 5.91 Å². The van der Waals surface area contributed by atoms with Crippen molar-refractivity contribution in [2.45, 2.75) is 13.5 Å². The largest absolute Gasteiger partial charge is 0.490 e. The number of carbonyl (C=O) groups excluding carboxylic acids is 2. The average molecular weight is 503 g/mol.